The van der Waals surface area contributed by atoms with Crippen LogP contribution in [-0.4, -0.2) is 17.2 Å². The van der Waals surface area contributed by atoms with Gasteiger partial charge in [-0.05, 0) is 28.1 Å². The number of rotatable bonds is 2. The van der Waals surface area contributed by atoms with Crippen molar-refractivity contribution in [2.45, 2.75) is 6.92 Å². The van der Waals surface area contributed by atoms with Crippen molar-refractivity contribution in [3.63, 3.8) is 0 Å². The molecule has 0 heterocycles. The van der Waals surface area contributed by atoms with Crippen LogP contribution in [0, 0.1) is 0 Å². The number of carbonyl (C=O) groups is 1. The molecule has 0 atom stereocenters. The Kier molecular flexibility index (Phi) is 4.28. The van der Waals surface area contributed by atoms with Gasteiger partial charge in [-0.15, -0.1) is 0 Å². The molecule has 80 valence electrons. The van der Waals surface area contributed by atoms with Gasteiger partial charge in [0.05, 0.1) is 10.7 Å². The molecule has 0 bridgehead atoms. The van der Waals surface area contributed by atoms with Gasteiger partial charge < -0.3 is 5.11 Å². The molecule has 1 aromatic rings. The maximum atomic E-state index is 10.5. The summed E-state index contributed by atoms with van der Waals surface area (Å²) in [4.78, 5) is 10.5. The molecule has 6 heteroatoms. The van der Waals surface area contributed by atoms with E-state index in [9.17, 15) is 9.90 Å². The molecule has 0 saturated carbocycles. The van der Waals surface area contributed by atoms with Gasteiger partial charge in [0.25, 0.3) is 0 Å². The van der Waals surface area contributed by atoms with E-state index in [0.29, 0.717) is 10.0 Å². The zero-order chi connectivity index (χ0) is 11.4. The van der Waals surface area contributed by atoms with E-state index in [1.807, 2.05) is 0 Å². The Bertz CT molecular complexity index is 419. The molecule has 0 radical (unpaired) electrons. The Morgan fingerprint density at radius 3 is 2.80 bits per heavy atom. The molecule has 0 unspecified atom stereocenters. The maximum absolute atomic E-state index is 10.5. The minimum absolute atomic E-state index is 0.0762. The summed E-state index contributed by atoms with van der Waals surface area (Å²) in [6.07, 6.45) is 1.37. The lowest BCUT2D eigenvalue weighted by atomic mass is 10.2. The Morgan fingerprint density at radius 2 is 2.20 bits per heavy atom. The lowest BCUT2D eigenvalue weighted by molar-refractivity contribution is -0.118. The van der Waals surface area contributed by atoms with E-state index in [4.69, 9.17) is 0 Å². The highest BCUT2D eigenvalue weighted by Gasteiger charge is 2.04. The Labute approximate surface area is 104 Å². The van der Waals surface area contributed by atoms with Gasteiger partial charge in [0, 0.05) is 17.0 Å². The second kappa shape index (κ2) is 5.27. The van der Waals surface area contributed by atoms with E-state index in [1.165, 1.54) is 13.1 Å². The topological polar surface area (TPSA) is 61.7 Å². The first-order chi connectivity index (χ1) is 7.00. The highest BCUT2D eigenvalue weighted by molar-refractivity contribution is 9.11. The number of phenols is 1. The summed E-state index contributed by atoms with van der Waals surface area (Å²) in [6, 6.07) is 3.40. The van der Waals surface area contributed by atoms with Crippen molar-refractivity contribution >= 4 is 44.0 Å². The molecule has 0 spiro atoms. The molecule has 0 fully saturated rings. The van der Waals surface area contributed by atoms with Gasteiger partial charge in [0.1, 0.15) is 5.75 Å². The van der Waals surface area contributed by atoms with Crippen molar-refractivity contribution in [3.05, 3.63) is 26.6 Å². The summed E-state index contributed by atoms with van der Waals surface area (Å²) >= 11 is 6.47. The standard InChI is InChI=1S/C9H8Br2N2O2/c1-5(14)13-12-4-6-2-7(10)3-8(11)9(6)15/h2-4,15H,1H3,(H,13,14)/b12-4-. The normalized spacial score (nSPS) is 10.6. The van der Waals surface area contributed by atoms with E-state index >= 15 is 0 Å². The highest BCUT2D eigenvalue weighted by Crippen LogP contribution is 2.30. The van der Waals surface area contributed by atoms with E-state index in [0.717, 1.165) is 4.47 Å². The summed E-state index contributed by atoms with van der Waals surface area (Å²) in [5.41, 5.74) is 2.75. The number of aromatic hydroxyl groups is 1. The molecule has 1 aromatic carbocycles. The molecule has 15 heavy (non-hydrogen) atoms. The van der Waals surface area contributed by atoms with Gasteiger partial charge in [-0.25, -0.2) is 5.43 Å². The van der Waals surface area contributed by atoms with Gasteiger partial charge in [0.2, 0.25) is 5.91 Å². The van der Waals surface area contributed by atoms with Crippen LogP contribution in [0.15, 0.2) is 26.2 Å². The molecule has 0 aromatic heterocycles. The van der Waals surface area contributed by atoms with E-state index in [2.05, 4.69) is 42.4 Å². The molecule has 0 aliphatic heterocycles. The predicted molar refractivity (Wildman–Crippen MR) is 64.9 cm³/mol. The highest BCUT2D eigenvalue weighted by atomic mass is 79.9. The summed E-state index contributed by atoms with van der Waals surface area (Å²) in [5.74, 6) is -0.188. The van der Waals surface area contributed by atoms with Crippen molar-refractivity contribution in [2.75, 3.05) is 0 Å². The molecular formula is C9H8Br2N2O2. The summed E-state index contributed by atoms with van der Waals surface area (Å²) < 4.78 is 1.36. The minimum Gasteiger partial charge on any atom is -0.506 e. The Morgan fingerprint density at radius 1 is 1.53 bits per heavy atom. The second-order valence-corrected chi connectivity index (χ2v) is 4.52. The summed E-state index contributed by atoms with van der Waals surface area (Å²) in [7, 11) is 0. The number of benzene rings is 1. The number of carbonyl (C=O) groups excluding carboxylic acids is 1. The smallest absolute Gasteiger partial charge is 0.236 e. The molecule has 0 aliphatic rings. The van der Waals surface area contributed by atoms with E-state index < -0.39 is 0 Å². The Balaban J connectivity index is 2.94. The fourth-order valence-electron chi connectivity index (χ4n) is 0.877. The largest absolute Gasteiger partial charge is 0.506 e. The van der Waals surface area contributed by atoms with Crippen molar-refractivity contribution < 1.29 is 9.90 Å². The van der Waals surface area contributed by atoms with Crippen LogP contribution in [0.2, 0.25) is 0 Å². The van der Waals surface area contributed by atoms with Crippen LogP contribution in [0.25, 0.3) is 0 Å². The van der Waals surface area contributed by atoms with E-state index in [-0.39, 0.29) is 11.7 Å². The number of halogens is 2. The third-order valence-electron chi connectivity index (χ3n) is 1.48. The van der Waals surface area contributed by atoms with Crippen molar-refractivity contribution in [1.82, 2.24) is 5.43 Å². The molecule has 4 nitrogen and oxygen atoms in total. The van der Waals surface area contributed by atoms with Crippen molar-refractivity contribution in [1.29, 1.82) is 0 Å². The van der Waals surface area contributed by atoms with Crippen LogP contribution >= 0.6 is 31.9 Å². The zero-order valence-corrected chi connectivity index (χ0v) is 11.0. The predicted octanol–water partition coefficient (Wildman–Crippen LogP) is 2.39. The maximum Gasteiger partial charge on any atom is 0.236 e. The molecule has 1 rings (SSSR count). The minimum atomic E-state index is -0.264. The fourth-order valence-corrected chi connectivity index (χ4v) is 2.14. The number of hydrogen-bond donors (Lipinski definition) is 2. The van der Waals surface area contributed by atoms with Crippen LogP contribution in [0.4, 0.5) is 0 Å². The zero-order valence-electron chi connectivity index (χ0n) is 7.79. The molecule has 2 N–H and O–H groups in total. The first kappa shape index (κ1) is 12.2. The van der Waals surface area contributed by atoms with Crippen LogP contribution in [0.5, 0.6) is 5.75 Å². The average Bonchev–Trinajstić information content (AvgIpc) is 2.12. The summed E-state index contributed by atoms with van der Waals surface area (Å²) in [5, 5.41) is 13.3. The van der Waals surface area contributed by atoms with Crippen LogP contribution < -0.4 is 5.43 Å². The second-order valence-electron chi connectivity index (χ2n) is 2.75. The van der Waals surface area contributed by atoms with Crippen molar-refractivity contribution in [3.8, 4) is 5.75 Å². The third-order valence-corrected chi connectivity index (χ3v) is 2.55. The van der Waals surface area contributed by atoms with Gasteiger partial charge in [0.15, 0.2) is 0 Å². The summed E-state index contributed by atoms with van der Waals surface area (Å²) in [6.45, 7) is 1.36. The number of nitrogens with zero attached hydrogens (tertiary/aromatic N) is 1. The number of phenolic OH excluding ortho intramolecular Hbond substituents is 1. The SMILES string of the molecule is CC(=O)N/N=C\c1cc(Br)cc(Br)c1O. The van der Waals surface area contributed by atoms with Gasteiger partial charge in [-0.2, -0.15) is 5.10 Å². The Hall–Kier alpha value is -0.880. The first-order valence-electron chi connectivity index (χ1n) is 3.98. The van der Waals surface area contributed by atoms with Crippen LogP contribution in [-0.2, 0) is 4.79 Å². The monoisotopic (exact) mass is 334 g/mol. The molecular weight excluding hydrogens is 328 g/mol. The number of hydrazone groups is 1. The lowest BCUT2D eigenvalue weighted by Crippen LogP contribution is -2.12. The van der Waals surface area contributed by atoms with Gasteiger partial charge in [-0.3, -0.25) is 4.79 Å². The number of hydrogen-bond acceptors (Lipinski definition) is 3. The van der Waals surface area contributed by atoms with Crippen LogP contribution in [0.1, 0.15) is 12.5 Å². The van der Waals surface area contributed by atoms with Crippen molar-refractivity contribution in [2.24, 2.45) is 5.10 Å². The molecule has 0 aliphatic carbocycles. The molecule has 1 amide bonds. The van der Waals surface area contributed by atoms with Gasteiger partial charge in [-0.1, -0.05) is 15.9 Å². The number of amides is 1. The van der Waals surface area contributed by atoms with Gasteiger partial charge >= 0.3 is 0 Å². The van der Waals surface area contributed by atoms with E-state index in [1.54, 1.807) is 12.1 Å². The average molecular weight is 336 g/mol. The lowest BCUT2D eigenvalue weighted by Gasteiger charge is -2.02. The fraction of sp³-hybridized carbons (Fsp3) is 0.111. The number of nitrogens with one attached hydrogen (secondary N) is 1. The molecule has 0 saturated heterocycles. The first-order valence-corrected chi connectivity index (χ1v) is 5.57. The van der Waals surface area contributed by atoms with Crippen LogP contribution in [0.3, 0.4) is 0 Å². The third kappa shape index (κ3) is 3.64. The quantitative estimate of drug-likeness (QED) is 0.644.